The second kappa shape index (κ2) is 23.0. The van der Waals surface area contributed by atoms with Gasteiger partial charge in [-0.3, -0.25) is 24.4 Å². The lowest BCUT2D eigenvalue weighted by atomic mass is 9.84. The molecule has 0 radical (unpaired) electrons. The van der Waals surface area contributed by atoms with E-state index in [-0.39, 0.29) is 35.9 Å². The molecule has 63 heavy (non-hydrogen) atoms. The van der Waals surface area contributed by atoms with Crippen LogP contribution in [-0.2, 0) is 35.2 Å². The van der Waals surface area contributed by atoms with E-state index >= 15 is 0 Å². The monoisotopic (exact) mass is 866 g/mol. The third-order valence-corrected chi connectivity index (χ3v) is 11.4. The topological polar surface area (TPSA) is 132 Å². The Labute approximate surface area is 379 Å². The first kappa shape index (κ1) is 51.2. The maximum absolute atomic E-state index is 14.0. The van der Waals surface area contributed by atoms with Crippen LogP contribution in [0.1, 0.15) is 183 Å². The van der Waals surface area contributed by atoms with Crippen LogP contribution in [-0.4, -0.2) is 58.1 Å². The van der Waals surface area contributed by atoms with E-state index in [2.05, 4.69) is 92.1 Å². The van der Waals surface area contributed by atoms with Crippen LogP contribution in [0, 0.1) is 23.7 Å². The van der Waals surface area contributed by atoms with E-state index < -0.39 is 11.2 Å². The lowest BCUT2D eigenvalue weighted by Gasteiger charge is -2.36. The minimum absolute atomic E-state index is 0.160. The van der Waals surface area contributed by atoms with Crippen molar-refractivity contribution in [1.29, 1.82) is 0 Å². The van der Waals surface area contributed by atoms with Crippen molar-refractivity contribution in [2.24, 2.45) is 23.7 Å². The highest BCUT2D eigenvalue weighted by molar-refractivity contribution is 6.08. The molecule has 0 aliphatic heterocycles. The van der Waals surface area contributed by atoms with E-state index in [1.165, 1.54) is 12.0 Å². The maximum Gasteiger partial charge on any atom is 0.255 e. The minimum atomic E-state index is -0.723. The molecule has 0 bridgehead atoms. The van der Waals surface area contributed by atoms with Gasteiger partial charge in [-0.15, -0.1) is 0 Å². The molecule has 3 aromatic rings. The number of hydrogen-bond donors (Lipinski definition) is 3. The van der Waals surface area contributed by atoms with Gasteiger partial charge in [0, 0.05) is 57.4 Å². The standard InChI is InChI=1S/C53H79N5O5/c1-15-41-24-39(27-42(55-41)21-33(2)3)50(60)57-45-25-38(26-46(30-45)58-51(61)40-28-43(22-34(4)5)56-44(29-40)23-35(6)7)49(59)54-31-52(11,12)62-32-53(13,14)63-47-18-16-17-37(10)48(20-19-47)36(8)9/h24-30,33-35,37,47H,15-23,31-32H2,1-14H3,(H,54,59)(H,57,60)(H,58,61). The van der Waals surface area contributed by atoms with Crippen molar-refractivity contribution < 1.29 is 23.9 Å². The summed E-state index contributed by atoms with van der Waals surface area (Å²) in [7, 11) is 0. The van der Waals surface area contributed by atoms with Gasteiger partial charge in [-0.05, 0) is 159 Å². The number of anilines is 2. The SMILES string of the molecule is CCc1cc(C(=O)Nc2cc(NC(=O)c3cc(CC(C)C)nc(CC(C)C)c3)cc(C(=O)NCC(C)(C)OCC(C)(C)OC3CCCC(C)C(=C(C)C)CC3)c2)cc(CC(C)C)n1. The summed E-state index contributed by atoms with van der Waals surface area (Å²) in [4.78, 5) is 51.5. The molecule has 346 valence electrons. The van der Waals surface area contributed by atoms with Gasteiger partial charge in [0.2, 0.25) is 0 Å². The summed E-state index contributed by atoms with van der Waals surface area (Å²) in [5.41, 5.74) is 7.14. The second-order valence-electron chi connectivity index (χ2n) is 20.7. The average Bonchev–Trinajstić information content (AvgIpc) is 3.17. The van der Waals surface area contributed by atoms with E-state index in [1.54, 1.807) is 29.8 Å². The Morgan fingerprint density at radius 3 is 1.62 bits per heavy atom. The van der Waals surface area contributed by atoms with Crippen molar-refractivity contribution in [3.05, 3.63) is 93.1 Å². The number of rotatable bonds is 19. The molecule has 10 heteroatoms. The lowest BCUT2D eigenvalue weighted by molar-refractivity contribution is -0.146. The van der Waals surface area contributed by atoms with Crippen LogP contribution in [0.25, 0.3) is 0 Å². The van der Waals surface area contributed by atoms with Gasteiger partial charge in [-0.25, -0.2) is 0 Å². The van der Waals surface area contributed by atoms with Gasteiger partial charge >= 0.3 is 0 Å². The zero-order chi connectivity index (χ0) is 46.6. The Morgan fingerprint density at radius 2 is 1.14 bits per heavy atom. The molecule has 2 heterocycles. The Bertz CT molecular complexity index is 2030. The molecule has 1 aromatic carbocycles. The largest absolute Gasteiger partial charge is 0.371 e. The normalized spacial score (nSPS) is 16.2. The summed E-state index contributed by atoms with van der Waals surface area (Å²) in [6, 6.07) is 12.3. The fraction of sp³-hybridized carbons (Fsp3) is 0.604. The number of ether oxygens (including phenoxy) is 2. The first-order valence-corrected chi connectivity index (χ1v) is 23.5. The third-order valence-electron chi connectivity index (χ3n) is 11.4. The van der Waals surface area contributed by atoms with E-state index in [1.807, 2.05) is 39.0 Å². The lowest BCUT2D eigenvalue weighted by Crippen LogP contribution is -2.45. The van der Waals surface area contributed by atoms with E-state index in [4.69, 9.17) is 19.4 Å². The van der Waals surface area contributed by atoms with E-state index in [0.29, 0.717) is 59.2 Å². The number of carbonyl (C=O) groups is 3. The second-order valence-corrected chi connectivity index (χ2v) is 20.7. The Morgan fingerprint density at radius 1 is 0.667 bits per heavy atom. The molecule has 1 aliphatic carbocycles. The van der Waals surface area contributed by atoms with Crippen molar-refractivity contribution in [2.45, 2.75) is 172 Å². The molecule has 2 aromatic heterocycles. The summed E-state index contributed by atoms with van der Waals surface area (Å²) >= 11 is 0. The van der Waals surface area contributed by atoms with Gasteiger partial charge in [0.25, 0.3) is 17.7 Å². The number of allylic oxidation sites excluding steroid dienone is 2. The average molecular weight is 866 g/mol. The van der Waals surface area contributed by atoms with Gasteiger partial charge in [0.05, 0.1) is 23.9 Å². The number of aromatic nitrogens is 2. The summed E-state index contributed by atoms with van der Waals surface area (Å²) < 4.78 is 13.1. The van der Waals surface area contributed by atoms with Gasteiger partial charge in [0.1, 0.15) is 0 Å². The van der Waals surface area contributed by atoms with Crippen LogP contribution >= 0.6 is 0 Å². The molecule has 3 N–H and O–H groups in total. The Kier molecular flexibility index (Phi) is 18.7. The summed E-state index contributed by atoms with van der Waals surface area (Å²) in [6.45, 7) is 30.2. The molecule has 3 amide bonds. The van der Waals surface area contributed by atoms with Crippen LogP contribution < -0.4 is 16.0 Å². The molecule has 4 rings (SSSR count). The highest BCUT2D eigenvalue weighted by atomic mass is 16.6. The van der Waals surface area contributed by atoms with Crippen molar-refractivity contribution in [1.82, 2.24) is 15.3 Å². The number of aryl methyl sites for hydroxylation is 1. The number of nitrogens with zero attached hydrogens (tertiary/aromatic N) is 2. The Hall–Kier alpha value is -4.41. The zero-order valence-electron chi connectivity index (χ0n) is 41.1. The molecule has 10 nitrogen and oxygen atoms in total. The Balaban J connectivity index is 1.55. The first-order valence-electron chi connectivity index (χ1n) is 23.5. The molecular weight excluding hydrogens is 787 g/mol. The number of nitrogens with one attached hydrogen (secondary N) is 3. The summed E-state index contributed by atoms with van der Waals surface area (Å²) in [5, 5.41) is 9.10. The first-order chi connectivity index (χ1) is 29.5. The van der Waals surface area contributed by atoms with Crippen LogP contribution in [0.5, 0.6) is 0 Å². The van der Waals surface area contributed by atoms with Crippen molar-refractivity contribution >= 4 is 29.1 Å². The highest BCUT2D eigenvalue weighted by Crippen LogP contribution is 2.32. The number of amides is 3. The van der Waals surface area contributed by atoms with Crippen molar-refractivity contribution in [3.8, 4) is 0 Å². The maximum atomic E-state index is 14.0. The van der Waals surface area contributed by atoms with E-state index in [0.717, 1.165) is 67.7 Å². The van der Waals surface area contributed by atoms with Crippen molar-refractivity contribution in [2.75, 3.05) is 23.8 Å². The number of benzene rings is 1. The smallest absolute Gasteiger partial charge is 0.255 e. The van der Waals surface area contributed by atoms with Gasteiger partial charge < -0.3 is 25.4 Å². The molecule has 1 saturated carbocycles. The molecule has 0 saturated heterocycles. The molecule has 2 atom stereocenters. The van der Waals surface area contributed by atoms with Crippen LogP contribution in [0.15, 0.2) is 53.6 Å². The van der Waals surface area contributed by atoms with Gasteiger partial charge in [-0.1, -0.05) is 73.0 Å². The third kappa shape index (κ3) is 16.9. The molecule has 2 unspecified atom stereocenters. The van der Waals surface area contributed by atoms with Crippen LogP contribution in [0.4, 0.5) is 11.4 Å². The number of carbonyl (C=O) groups excluding carboxylic acids is 3. The molecule has 0 spiro atoms. The quantitative estimate of drug-likeness (QED) is 0.102. The molecule has 1 aliphatic rings. The fourth-order valence-corrected chi connectivity index (χ4v) is 8.32. The molecule has 1 fully saturated rings. The van der Waals surface area contributed by atoms with Crippen LogP contribution in [0.3, 0.4) is 0 Å². The highest BCUT2D eigenvalue weighted by Gasteiger charge is 2.30. The summed E-state index contributed by atoms with van der Waals surface area (Å²) in [5.74, 6) is 0.702. The number of pyridine rings is 2. The van der Waals surface area contributed by atoms with E-state index in [9.17, 15) is 14.4 Å². The van der Waals surface area contributed by atoms with Gasteiger partial charge in [-0.2, -0.15) is 0 Å². The van der Waals surface area contributed by atoms with Gasteiger partial charge in [0.15, 0.2) is 0 Å². The zero-order valence-corrected chi connectivity index (χ0v) is 41.1. The number of hydrogen-bond acceptors (Lipinski definition) is 7. The van der Waals surface area contributed by atoms with Crippen molar-refractivity contribution in [3.63, 3.8) is 0 Å². The minimum Gasteiger partial charge on any atom is -0.371 e. The predicted octanol–water partition coefficient (Wildman–Crippen LogP) is 11.8. The fourth-order valence-electron chi connectivity index (χ4n) is 8.32. The van der Waals surface area contributed by atoms with Crippen LogP contribution in [0.2, 0.25) is 0 Å². The predicted molar refractivity (Wildman–Crippen MR) is 258 cm³/mol. The molecular formula is C53H79N5O5. The summed E-state index contributed by atoms with van der Waals surface area (Å²) in [6.07, 6.45) is 8.49.